The van der Waals surface area contributed by atoms with E-state index < -0.39 is 0 Å². The number of nitrogens with zero attached hydrogens (tertiary/aromatic N) is 1. The van der Waals surface area contributed by atoms with Gasteiger partial charge in [0.05, 0.1) is 13.0 Å². The van der Waals surface area contributed by atoms with Crippen LogP contribution in [0.25, 0.3) is 0 Å². The minimum atomic E-state index is -0.145. The van der Waals surface area contributed by atoms with Crippen LogP contribution < -0.4 is 0 Å². The number of carbonyl (C=O) groups is 2. The van der Waals surface area contributed by atoms with Gasteiger partial charge in [0, 0.05) is 19.5 Å². The van der Waals surface area contributed by atoms with Crippen LogP contribution in [0.2, 0.25) is 0 Å². The normalized spacial score (nSPS) is 20.4. The average Bonchev–Trinajstić information content (AvgIpc) is 2.65. The van der Waals surface area contributed by atoms with E-state index in [0.717, 1.165) is 13.0 Å². The Labute approximate surface area is 90.6 Å². The molecular formula is C11H19NO3. The van der Waals surface area contributed by atoms with Gasteiger partial charge in [-0.1, -0.05) is 6.92 Å². The van der Waals surface area contributed by atoms with E-state index in [2.05, 4.69) is 0 Å². The fourth-order valence-electron chi connectivity index (χ4n) is 1.91. The molecule has 86 valence electrons. The Morgan fingerprint density at radius 3 is 2.73 bits per heavy atom. The highest BCUT2D eigenvalue weighted by Gasteiger charge is 2.27. The average molecular weight is 213 g/mol. The van der Waals surface area contributed by atoms with Crippen LogP contribution in [0.4, 0.5) is 0 Å². The van der Waals surface area contributed by atoms with E-state index in [1.807, 2.05) is 11.8 Å². The second-order valence-corrected chi connectivity index (χ2v) is 3.86. The van der Waals surface area contributed by atoms with E-state index in [1.54, 1.807) is 6.92 Å². The molecule has 1 saturated heterocycles. The molecule has 15 heavy (non-hydrogen) atoms. The molecule has 4 heteroatoms. The van der Waals surface area contributed by atoms with E-state index >= 15 is 0 Å². The lowest BCUT2D eigenvalue weighted by Crippen LogP contribution is -2.28. The maximum atomic E-state index is 11.4. The molecule has 0 aromatic rings. The van der Waals surface area contributed by atoms with Crippen molar-refractivity contribution in [2.75, 3.05) is 19.7 Å². The predicted octanol–water partition coefficient (Wildman–Crippen LogP) is 1.20. The molecule has 1 aliphatic heterocycles. The quantitative estimate of drug-likeness (QED) is 0.659. The Morgan fingerprint density at radius 2 is 2.13 bits per heavy atom. The lowest BCUT2D eigenvalue weighted by molar-refractivity contribution is -0.144. The third kappa shape index (κ3) is 3.53. The first-order valence-corrected chi connectivity index (χ1v) is 5.60. The second kappa shape index (κ2) is 5.73. The van der Waals surface area contributed by atoms with Crippen molar-refractivity contribution in [3.8, 4) is 0 Å². The molecule has 1 rings (SSSR count). The first-order chi connectivity index (χ1) is 7.17. The van der Waals surface area contributed by atoms with Gasteiger partial charge in [-0.05, 0) is 19.3 Å². The summed E-state index contributed by atoms with van der Waals surface area (Å²) >= 11 is 0. The zero-order valence-electron chi connectivity index (χ0n) is 9.49. The van der Waals surface area contributed by atoms with Gasteiger partial charge in [-0.2, -0.15) is 0 Å². The molecule has 0 aliphatic carbocycles. The van der Waals surface area contributed by atoms with E-state index in [4.69, 9.17) is 4.74 Å². The lowest BCUT2D eigenvalue weighted by atomic mass is 10.1. The summed E-state index contributed by atoms with van der Waals surface area (Å²) in [4.78, 5) is 24.4. The smallest absolute Gasteiger partial charge is 0.306 e. The minimum absolute atomic E-state index is 0.145. The molecule has 1 heterocycles. The molecule has 1 atom stereocenters. The first kappa shape index (κ1) is 12.0. The fourth-order valence-corrected chi connectivity index (χ4v) is 1.91. The van der Waals surface area contributed by atoms with E-state index in [9.17, 15) is 9.59 Å². The Hall–Kier alpha value is -1.06. The van der Waals surface area contributed by atoms with Crippen molar-refractivity contribution in [1.82, 2.24) is 4.90 Å². The molecule has 0 bridgehead atoms. The van der Waals surface area contributed by atoms with Gasteiger partial charge in [0.25, 0.3) is 0 Å². The number of carbonyl (C=O) groups excluding carboxylic acids is 2. The maximum absolute atomic E-state index is 11.4. The minimum Gasteiger partial charge on any atom is -0.466 e. The van der Waals surface area contributed by atoms with Gasteiger partial charge in [0.1, 0.15) is 0 Å². The Morgan fingerprint density at radius 1 is 1.40 bits per heavy atom. The van der Waals surface area contributed by atoms with Crippen molar-refractivity contribution in [3.05, 3.63) is 0 Å². The third-order valence-corrected chi connectivity index (χ3v) is 2.70. The summed E-state index contributed by atoms with van der Waals surface area (Å²) in [7, 11) is 0. The summed E-state index contributed by atoms with van der Waals surface area (Å²) in [5.41, 5.74) is 0. The van der Waals surface area contributed by atoms with Crippen molar-refractivity contribution >= 4 is 11.9 Å². The van der Waals surface area contributed by atoms with E-state index in [-0.39, 0.29) is 11.9 Å². The van der Waals surface area contributed by atoms with Crippen molar-refractivity contribution in [1.29, 1.82) is 0 Å². The number of hydrogen-bond acceptors (Lipinski definition) is 3. The van der Waals surface area contributed by atoms with Crippen LogP contribution in [0.15, 0.2) is 0 Å². The molecular weight excluding hydrogens is 194 g/mol. The first-order valence-electron chi connectivity index (χ1n) is 5.60. The molecule has 0 saturated carbocycles. The summed E-state index contributed by atoms with van der Waals surface area (Å²) in [6, 6.07) is 0. The standard InChI is InChI=1S/C11H19NO3/c1-3-10(13)12-6-5-9(8-12)7-11(14)15-4-2/h9H,3-8H2,1-2H3/t9-/m0/s1. The number of hydrogen-bond donors (Lipinski definition) is 0. The Bertz CT molecular complexity index is 240. The van der Waals surface area contributed by atoms with Crippen molar-refractivity contribution in [2.45, 2.75) is 33.1 Å². The van der Waals surface area contributed by atoms with E-state index in [1.165, 1.54) is 0 Å². The van der Waals surface area contributed by atoms with Crippen LogP contribution in [-0.4, -0.2) is 36.5 Å². The molecule has 0 unspecified atom stereocenters. The molecule has 0 N–H and O–H groups in total. The van der Waals surface area contributed by atoms with Gasteiger partial charge < -0.3 is 9.64 Å². The van der Waals surface area contributed by atoms with Gasteiger partial charge in [0.15, 0.2) is 0 Å². The Balaban J connectivity index is 2.30. The topological polar surface area (TPSA) is 46.6 Å². The van der Waals surface area contributed by atoms with Crippen molar-refractivity contribution in [3.63, 3.8) is 0 Å². The van der Waals surface area contributed by atoms with Crippen molar-refractivity contribution in [2.24, 2.45) is 5.92 Å². The van der Waals surface area contributed by atoms with E-state index in [0.29, 0.717) is 31.9 Å². The number of amides is 1. The summed E-state index contributed by atoms with van der Waals surface area (Å²) in [5, 5.41) is 0. The molecule has 0 spiro atoms. The van der Waals surface area contributed by atoms with Crippen LogP contribution in [0.3, 0.4) is 0 Å². The van der Waals surface area contributed by atoms with Crippen LogP contribution in [-0.2, 0) is 14.3 Å². The van der Waals surface area contributed by atoms with Crippen LogP contribution >= 0.6 is 0 Å². The zero-order valence-corrected chi connectivity index (χ0v) is 9.49. The summed E-state index contributed by atoms with van der Waals surface area (Å²) < 4.78 is 4.88. The molecule has 4 nitrogen and oxygen atoms in total. The maximum Gasteiger partial charge on any atom is 0.306 e. The van der Waals surface area contributed by atoms with Gasteiger partial charge in [0.2, 0.25) is 5.91 Å². The number of rotatable bonds is 4. The molecule has 1 fully saturated rings. The number of esters is 1. The molecule has 0 radical (unpaired) electrons. The molecule has 1 aliphatic rings. The van der Waals surface area contributed by atoms with Gasteiger partial charge >= 0.3 is 5.97 Å². The lowest BCUT2D eigenvalue weighted by Gasteiger charge is -2.15. The van der Waals surface area contributed by atoms with Gasteiger partial charge in [-0.25, -0.2) is 0 Å². The predicted molar refractivity (Wildman–Crippen MR) is 56.2 cm³/mol. The van der Waals surface area contributed by atoms with Crippen LogP contribution in [0.1, 0.15) is 33.1 Å². The Kier molecular flexibility index (Phi) is 4.59. The highest BCUT2D eigenvalue weighted by atomic mass is 16.5. The second-order valence-electron chi connectivity index (χ2n) is 3.86. The zero-order chi connectivity index (χ0) is 11.3. The number of ether oxygens (including phenoxy) is 1. The van der Waals surface area contributed by atoms with Gasteiger partial charge in [-0.3, -0.25) is 9.59 Å². The highest BCUT2D eigenvalue weighted by Crippen LogP contribution is 2.20. The van der Waals surface area contributed by atoms with Crippen LogP contribution in [0.5, 0.6) is 0 Å². The SMILES string of the molecule is CCOC(=O)C[C@@H]1CCN(C(=O)CC)C1. The molecule has 0 aromatic heterocycles. The summed E-state index contributed by atoms with van der Waals surface area (Å²) in [5.74, 6) is 0.328. The number of likely N-dealkylation sites (tertiary alicyclic amines) is 1. The fraction of sp³-hybridized carbons (Fsp3) is 0.818. The summed E-state index contributed by atoms with van der Waals surface area (Å²) in [6.45, 7) is 5.60. The largest absolute Gasteiger partial charge is 0.466 e. The monoisotopic (exact) mass is 213 g/mol. The third-order valence-electron chi connectivity index (χ3n) is 2.70. The summed E-state index contributed by atoms with van der Waals surface area (Å²) in [6.07, 6.45) is 1.91. The molecule has 0 aromatic carbocycles. The molecule has 1 amide bonds. The van der Waals surface area contributed by atoms with Crippen LogP contribution in [0, 0.1) is 5.92 Å². The highest BCUT2D eigenvalue weighted by molar-refractivity contribution is 5.76. The van der Waals surface area contributed by atoms with Gasteiger partial charge in [-0.15, -0.1) is 0 Å². The van der Waals surface area contributed by atoms with Crippen molar-refractivity contribution < 1.29 is 14.3 Å².